The summed E-state index contributed by atoms with van der Waals surface area (Å²) >= 11 is 6.08. The number of nitrogens with one attached hydrogen (secondary N) is 1. The molecule has 5 nitrogen and oxygen atoms in total. The Labute approximate surface area is 143 Å². The summed E-state index contributed by atoms with van der Waals surface area (Å²) in [5, 5.41) is 3.39. The van der Waals surface area contributed by atoms with Crippen molar-refractivity contribution in [3.8, 4) is 5.75 Å². The van der Waals surface area contributed by atoms with Crippen molar-refractivity contribution in [2.24, 2.45) is 5.92 Å². The summed E-state index contributed by atoms with van der Waals surface area (Å²) in [6.45, 7) is 8.98. The number of urea groups is 1. The van der Waals surface area contributed by atoms with Crippen LogP contribution in [0.5, 0.6) is 5.75 Å². The van der Waals surface area contributed by atoms with Gasteiger partial charge in [-0.2, -0.15) is 0 Å². The van der Waals surface area contributed by atoms with Crippen LogP contribution in [0.2, 0.25) is 5.02 Å². The third kappa shape index (κ3) is 5.29. The van der Waals surface area contributed by atoms with Gasteiger partial charge in [0.05, 0.1) is 12.1 Å². The summed E-state index contributed by atoms with van der Waals surface area (Å²) in [5.41, 5.74) is 0.683. The van der Waals surface area contributed by atoms with Crippen LogP contribution in [0.25, 0.3) is 0 Å². The molecule has 1 heterocycles. The minimum absolute atomic E-state index is 0.0743. The van der Waals surface area contributed by atoms with Crippen LogP contribution in [0.1, 0.15) is 20.3 Å². The van der Waals surface area contributed by atoms with Gasteiger partial charge in [-0.05, 0) is 37.1 Å². The number of piperazine rings is 1. The number of nitrogens with zero attached hydrogens (tertiary/aromatic N) is 2. The van der Waals surface area contributed by atoms with E-state index in [1.807, 2.05) is 4.90 Å². The zero-order valence-electron chi connectivity index (χ0n) is 14.1. The van der Waals surface area contributed by atoms with E-state index < -0.39 is 0 Å². The van der Waals surface area contributed by atoms with Crippen molar-refractivity contribution in [3.05, 3.63) is 23.2 Å². The highest BCUT2D eigenvalue weighted by atomic mass is 35.5. The predicted molar refractivity (Wildman–Crippen MR) is 94.5 cm³/mol. The summed E-state index contributed by atoms with van der Waals surface area (Å²) in [6.07, 6.45) is 1.20. The first-order valence-electron chi connectivity index (χ1n) is 8.11. The zero-order valence-corrected chi connectivity index (χ0v) is 14.9. The van der Waals surface area contributed by atoms with Crippen LogP contribution in [0.15, 0.2) is 18.2 Å². The number of amides is 2. The second-order valence-corrected chi connectivity index (χ2v) is 6.70. The third-order valence-corrected chi connectivity index (χ3v) is 4.38. The van der Waals surface area contributed by atoms with Gasteiger partial charge in [0.25, 0.3) is 0 Å². The highest BCUT2D eigenvalue weighted by Crippen LogP contribution is 2.27. The van der Waals surface area contributed by atoms with Crippen molar-refractivity contribution in [1.82, 2.24) is 9.80 Å². The Morgan fingerprint density at radius 2 is 2.00 bits per heavy atom. The number of anilines is 1. The Hall–Kier alpha value is -1.46. The number of benzene rings is 1. The predicted octanol–water partition coefficient (Wildman–Crippen LogP) is 3.54. The van der Waals surface area contributed by atoms with Crippen LogP contribution < -0.4 is 10.1 Å². The molecule has 6 heteroatoms. The van der Waals surface area contributed by atoms with Gasteiger partial charge in [-0.25, -0.2) is 4.79 Å². The highest BCUT2D eigenvalue weighted by Gasteiger charge is 2.21. The SMILES string of the molecule is COc1ccc(NC(=O)N2CCN(CCC(C)C)CC2)cc1Cl. The average molecular weight is 340 g/mol. The number of carbonyl (C=O) groups excluding carboxylic acids is 1. The molecule has 1 aliphatic heterocycles. The first kappa shape index (κ1) is 17.9. The van der Waals surface area contributed by atoms with Crippen LogP contribution in [-0.4, -0.2) is 55.7 Å². The minimum Gasteiger partial charge on any atom is -0.495 e. The minimum atomic E-state index is -0.0743. The third-order valence-electron chi connectivity index (χ3n) is 4.09. The fourth-order valence-corrected chi connectivity index (χ4v) is 2.82. The molecule has 0 spiro atoms. The van der Waals surface area contributed by atoms with E-state index in [0.29, 0.717) is 16.5 Å². The van der Waals surface area contributed by atoms with Crippen LogP contribution in [-0.2, 0) is 0 Å². The molecule has 1 saturated heterocycles. The monoisotopic (exact) mass is 339 g/mol. The fraction of sp³-hybridized carbons (Fsp3) is 0.588. The van der Waals surface area contributed by atoms with E-state index in [1.54, 1.807) is 25.3 Å². The van der Waals surface area contributed by atoms with Crippen molar-refractivity contribution in [3.63, 3.8) is 0 Å². The Morgan fingerprint density at radius 1 is 1.30 bits per heavy atom. The molecule has 0 saturated carbocycles. The van der Waals surface area contributed by atoms with E-state index in [9.17, 15) is 4.79 Å². The van der Waals surface area contributed by atoms with E-state index in [-0.39, 0.29) is 6.03 Å². The molecule has 0 aromatic heterocycles. The lowest BCUT2D eigenvalue weighted by Gasteiger charge is -2.35. The molecule has 2 rings (SSSR count). The van der Waals surface area contributed by atoms with Crippen molar-refractivity contribution in [2.45, 2.75) is 20.3 Å². The van der Waals surface area contributed by atoms with Gasteiger partial charge in [-0.15, -0.1) is 0 Å². The maximum absolute atomic E-state index is 12.3. The lowest BCUT2D eigenvalue weighted by atomic mass is 10.1. The first-order valence-corrected chi connectivity index (χ1v) is 8.49. The van der Waals surface area contributed by atoms with Crippen molar-refractivity contribution >= 4 is 23.3 Å². The van der Waals surface area contributed by atoms with E-state index in [1.165, 1.54) is 6.42 Å². The fourth-order valence-electron chi connectivity index (χ4n) is 2.56. The van der Waals surface area contributed by atoms with Gasteiger partial charge in [0, 0.05) is 31.9 Å². The molecular weight excluding hydrogens is 314 g/mol. The Bertz CT molecular complexity index is 529. The van der Waals surface area contributed by atoms with E-state index in [4.69, 9.17) is 16.3 Å². The molecule has 0 bridgehead atoms. The quantitative estimate of drug-likeness (QED) is 0.892. The molecular formula is C17H26ClN3O2. The number of carbonyl (C=O) groups is 1. The smallest absolute Gasteiger partial charge is 0.321 e. The molecule has 1 aromatic carbocycles. The molecule has 23 heavy (non-hydrogen) atoms. The van der Waals surface area contributed by atoms with E-state index in [0.717, 1.165) is 38.6 Å². The number of methoxy groups -OCH3 is 1. The van der Waals surface area contributed by atoms with Gasteiger partial charge in [0.15, 0.2) is 0 Å². The summed E-state index contributed by atoms with van der Waals surface area (Å²) in [6, 6.07) is 5.18. The Kier molecular flexibility index (Phi) is 6.54. The van der Waals surface area contributed by atoms with Crippen LogP contribution in [0.4, 0.5) is 10.5 Å². The molecule has 0 unspecified atom stereocenters. The van der Waals surface area contributed by atoms with Crippen LogP contribution in [0.3, 0.4) is 0 Å². The molecule has 1 fully saturated rings. The Morgan fingerprint density at radius 3 is 2.57 bits per heavy atom. The second-order valence-electron chi connectivity index (χ2n) is 6.29. The summed E-state index contributed by atoms with van der Waals surface area (Å²) in [5.74, 6) is 1.32. The summed E-state index contributed by atoms with van der Waals surface area (Å²) in [7, 11) is 1.57. The van der Waals surface area contributed by atoms with Gasteiger partial charge in [0.2, 0.25) is 0 Å². The lowest BCUT2D eigenvalue weighted by Crippen LogP contribution is -2.50. The highest BCUT2D eigenvalue weighted by molar-refractivity contribution is 6.32. The van der Waals surface area contributed by atoms with Gasteiger partial charge in [-0.1, -0.05) is 25.4 Å². The largest absolute Gasteiger partial charge is 0.495 e. The van der Waals surface area contributed by atoms with E-state index in [2.05, 4.69) is 24.1 Å². The average Bonchev–Trinajstić information content (AvgIpc) is 2.53. The lowest BCUT2D eigenvalue weighted by molar-refractivity contribution is 0.143. The molecule has 2 amide bonds. The first-order chi connectivity index (χ1) is 11.0. The summed E-state index contributed by atoms with van der Waals surface area (Å²) < 4.78 is 5.11. The topological polar surface area (TPSA) is 44.8 Å². The number of ether oxygens (including phenoxy) is 1. The van der Waals surface area contributed by atoms with E-state index >= 15 is 0 Å². The standard InChI is InChI=1S/C17H26ClN3O2/c1-13(2)6-7-20-8-10-21(11-9-20)17(22)19-14-4-5-16(23-3)15(18)12-14/h4-5,12-13H,6-11H2,1-3H3,(H,19,22). The number of hydrogen-bond acceptors (Lipinski definition) is 3. The van der Waals surface area contributed by atoms with Crippen molar-refractivity contribution in [1.29, 1.82) is 0 Å². The molecule has 1 N–H and O–H groups in total. The molecule has 1 aromatic rings. The number of hydrogen-bond donors (Lipinski definition) is 1. The van der Waals surface area contributed by atoms with Gasteiger partial charge < -0.3 is 15.0 Å². The second kappa shape index (κ2) is 8.41. The Balaban J connectivity index is 1.82. The molecule has 0 radical (unpaired) electrons. The molecule has 0 aliphatic carbocycles. The van der Waals surface area contributed by atoms with Gasteiger partial charge >= 0.3 is 6.03 Å². The normalized spacial score (nSPS) is 15.8. The summed E-state index contributed by atoms with van der Waals surface area (Å²) in [4.78, 5) is 16.6. The maximum Gasteiger partial charge on any atom is 0.321 e. The van der Waals surface area contributed by atoms with Gasteiger partial charge in [0.1, 0.15) is 5.75 Å². The molecule has 1 aliphatic rings. The number of halogens is 1. The zero-order chi connectivity index (χ0) is 16.8. The molecule has 0 atom stereocenters. The van der Waals surface area contributed by atoms with Crippen LogP contribution >= 0.6 is 11.6 Å². The van der Waals surface area contributed by atoms with Crippen molar-refractivity contribution in [2.75, 3.05) is 45.2 Å². The van der Waals surface area contributed by atoms with Gasteiger partial charge in [-0.3, -0.25) is 4.90 Å². The maximum atomic E-state index is 12.3. The van der Waals surface area contributed by atoms with Crippen LogP contribution in [0, 0.1) is 5.92 Å². The molecule has 128 valence electrons. The number of rotatable bonds is 5. The van der Waals surface area contributed by atoms with Crippen molar-refractivity contribution < 1.29 is 9.53 Å².